The van der Waals surface area contributed by atoms with Crippen LogP contribution in [0.2, 0.25) is 0 Å². The summed E-state index contributed by atoms with van der Waals surface area (Å²) in [6, 6.07) is 1.12. The SMILES string of the molecule is CC(C)C(CN1C2CCCC1CC(=O)C2)C(C)C. The minimum atomic E-state index is 0.506. The molecule has 0 aromatic carbocycles. The molecule has 104 valence electrons. The lowest BCUT2D eigenvalue weighted by atomic mass is 9.79. The predicted octanol–water partition coefficient (Wildman–Crippen LogP) is 3.50. The minimum absolute atomic E-state index is 0.506. The Balaban J connectivity index is 2.05. The summed E-state index contributed by atoms with van der Waals surface area (Å²) in [4.78, 5) is 14.4. The first-order valence-electron chi connectivity index (χ1n) is 7.76. The Hall–Kier alpha value is -0.370. The highest BCUT2D eigenvalue weighted by Crippen LogP contribution is 2.34. The van der Waals surface area contributed by atoms with Crippen molar-refractivity contribution in [2.45, 2.75) is 71.9 Å². The first-order valence-corrected chi connectivity index (χ1v) is 7.76. The Morgan fingerprint density at radius 3 is 2.00 bits per heavy atom. The topological polar surface area (TPSA) is 20.3 Å². The van der Waals surface area contributed by atoms with Gasteiger partial charge >= 0.3 is 0 Å². The zero-order valence-electron chi connectivity index (χ0n) is 12.5. The van der Waals surface area contributed by atoms with E-state index >= 15 is 0 Å². The second-order valence-electron chi connectivity index (χ2n) is 7.03. The summed E-state index contributed by atoms with van der Waals surface area (Å²) in [6.07, 6.45) is 5.45. The molecule has 0 radical (unpaired) electrons. The quantitative estimate of drug-likeness (QED) is 0.762. The number of ketones is 1. The zero-order chi connectivity index (χ0) is 13.3. The van der Waals surface area contributed by atoms with Crippen LogP contribution in [0.25, 0.3) is 0 Å². The molecule has 2 fully saturated rings. The molecule has 2 atom stereocenters. The summed E-state index contributed by atoms with van der Waals surface area (Å²) in [5.74, 6) is 2.75. The molecule has 0 saturated carbocycles. The predicted molar refractivity (Wildman–Crippen MR) is 75.5 cm³/mol. The van der Waals surface area contributed by atoms with E-state index in [1.807, 2.05) is 0 Å². The number of hydrogen-bond acceptors (Lipinski definition) is 2. The largest absolute Gasteiger partial charge is 0.300 e. The smallest absolute Gasteiger partial charge is 0.136 e. The number of rotatable bonds is 4. The molecule has 2 unspecified atom stereocenters. The van der Waals surface area contributed by atoms with Gasteiger partial charge in [0.1, 0.15) is 5.78 Å². The van der Waals surface area contributed by atoms with E-state index in [1.165, 1.54) is 25.8 Å². The van der Waals surface area contributed by atoms with Crippen LogP contribution in [0.4, 0.5) is 0 Å². The first-order chi connectivity index (χ1) is 8.49. The number of fused-ring (bicyclic) bond motifs is 2. The molecule has 18 heavy (non-hydrogen) atoms. The van der Waals surface area contributed by atoms with Crippen LogP contribution in [0.3, 0.4) is 0 Å². The lowest BCUT2D eigenvalue weighted by Crippen LogP contribution is -2.54. The zero-order valence-corrected chi connectivity index (χ0v) is 12.5. The van der Waals surface area contributed by atoms with Crippen molar-refractivity contribution in [3.05, 3.63) is 0 Å². The van der Waals surface area contributed by atoms with Crippen LogP contribution in [-0.4, -0.2) is 29.3 Å². The molecule has 0 aliphatic carbocycles. The van der Waals surface area contributed by atoms with Crippen LogP contribution in [0.1, 0.15) is 59.8 Å². The summed E-state index contributed by atoms with van der Waals surface area (Å²) < 4.78 is 0. The van der Waals surface area contributed by atoms with Gasteiger partial charge in [0.2, 0.25) is 0 Å². The Morgan fingerprint density at radius 2 is 1.56 bits per heavy atom. The third-order valence-corrected chi connectivity index (χ3v) is 5.07. The number of carbonyl (C=O) groups excluding carboxylic acids is 1. The van der Waals surface area contributed by atoms with E-state index in [9.17, 15) is 4.79 Å². The molecule has 0 N–H and O–H groups in total. The van der Waals surface area contributed by atoms with Gasteiger partial charge < -0.3 is 0 Å². The number of piperidine rings is 2. The van der Waals surface area contributed by atoms with E-state index in [1.54, 1.807) is 0 Å². The number of hydrogen-bond donors (Lipinski definition) is 0. The van der Waals surface area contributed by atoms with E-state index in [-0.39, 0.29) is 0 Å². The number of carbonyl (C=O) groups is 1. The van der Waals surface area contributed by atoms with Crippen molar-refractivity contribution >= 4 is 5.78 Å². The van der Waals surface area contributed by atoms with E-state index in [2.05, 4.69) is 32.6 Å². The Bertz CT molecular complexity index is 273. The summed E-state index contributed by atoms with van der Waals surface area (Å²) in [7, 11) is 0. The van der Waals surface area contributed by atoms with Crippen LogP contribution < -0.4 is 0 Å². The third-order valence-electron chi connectivity index (χ3n) is 5.07. The van der Waals surface area contributed by atoms with Gasteiger partial charge in [-0.1, -0.05) is 34.1 Å². The molecule has 2 bridgehead atoms. The van der Waals surface area contributed by atoms with Gasteiger partial charge in [0, 0.05) is 31.5 Å². The summed E-state index contributed by atoms with van der Waals surface area (Å²) in [6.45, 7) is 10.6. The molecule has 0 spiro atoms. The molecule has 2 heterocycles. The summed E-state index contributed by atoms with van der Waals surface area (Å²) in [5.41, 5.74) is 0. The van der Waals surface area contributed by atoms with Crippen LogP contribution >= 0.6 is 0 Å². The van der Waals surface area contributed by atoms with E-state index < -0.39 is 0 Å². The van der Waals surface area contributed by atoms with Crippen molar-refractivity contribution in [2.24, 2.45) is 17.8 Å². The second kappa shape index (κ2) is 5.73. The monoisotopic (exact) mass is 251 g/mol. The Kier molecular flexibility index (Phi) is 4.47. The maximum Gasteiger partial charge on any atom is 0.136 e. The fourth-order valence-electron chi connectivity index (χ4n) is 4.00. The van der Waals surface area contributed by atoms with Crippen LogP contribution in [-0.2, 0) is 4.79 Å². The molecule has 2 rings (SSSR count). The summed E-state index contributed by atoms with van der Waals surface area (Å²) >= 11 is 0. The van der Waals surface area contributed by atoms with Crippen molar-refractivity contribution in [2.75, 3.05) is 6.54 Å². The van der Waals surface area contributed by atoms with Gasteiger partial charge in [-0.25, -0.2) is 0 Å². The van der Waals surface area contributed by atoms with Crippen molar-refractivity contribution in [1.82, 2.24) is 4.90 Å². The van der Waals surface area contributed by atoms with Gasteiger partial charge in [0.05, 0.1) is 0 Å². The average molecular weight is 251 g/mol. The molecular weight excluding hydrogens is 222 g/mol. The molecule has 2 aliphatic rings. The van der Waals surface area contributed by atoms with Gasteiger partial charge in [-0.05, 0) is 30.6 Å². The lowest BCUT2D eigenvalue weighted by molar-refractivity contribution is -0.127. The maximum absolute atomic E-state index is 11.7. The van der Waals surface area contributed by atoms with Gasteiger partial charge in [0.15, 0.2) is 0 Å². The Morgan fingerprint density at radius 1 is 1.06 bits per heavy atom. The molecular formula is C16H29NO. The average Bonchev–Trinajstić information content (AvgIpc) is 2.24. The van der Waals surface area contributed by atoms with Crippen molar-refractivity contribution in [3.8, 4) is 0 Å². The minimum Gasteiger partial charge on any atom is -0.300 e. The molecule has 0 aromatic rings. The molecule has 0 amide bonds. The second-order valence-corrected chi connectivity index (χ2v) is 7.03. The van der Waals surface area contributed by atoms with Gasteiger partial charge in [-0.15, -0.1) is 0 Å². The molecule has 2 aliphatic heterocycles. The normalized spacial score (nSPS) is 29.6. The number of nitrogens with zero attached hydrogens (tertiary/aromatic N) is 1. The Labute approximate surface area is 112 Å². The third kappa shape index (κ3) is 2.96. The van der Waals surface area contributed by atoms with E-state index in [4.69, 9.17) is 0 Å². The molecule has 2 nitrogen and oxygen atoms in total. The number of Topliss-reactive ketones (excluding diaryl/α,β-unsaturated/α-hetero) is 1. The van der Waals surface area contributed by atoms with Gasteiger partial charge in [-0.3, -0.25) is 9.69 Å². The van der Waals surface area contributed by atoms with Crippen LogP contribution in [0, 0.1) is 17.8 Å². The van der Waals surface area contributed by atoms with Gasteiger partial charge in [0.25, 0.3) is 0 Å². The van der Waals surface area contributed by atoms with E-state index in [0.29, 0.717) is 17.9 Å². The highest BCUT2D eigenvalue weighted by molar-refractivity contribution is 5.80. The fraction of sp³-hybridized carbons (Fsp3) is 0.938. The van der Waals surface area contributed by atoms with Crippen molar-refractivity contribution < 1.29 is 4.79 Å². The highest BCUT2D eigenvalue weighted by atomic mass is 16.1. The molecule has 2 heteroatoms. The van der Waals surface area contributed by atoms with Crippen LogP contribution in [0.15, 0.2) is 0 Å². The van der Waals surface area contributed by atoms with E-state index in [0.717, 1.165) is 30.6 Å². The lowest BCUT2D eigenvalue weighted by Gasteiger charge is -2.47. The highest BCUT2D eigenvalue weighted by Gasteiger charge is 2.38. The van der Waals surface area contributed by atoms with Crippen molar-refractivity contribution in [1.29, 1.82) is 0 Å². The standard InChI is InChI=1S/C16H29NO/c1-11(2)16(12(3)4)10-17-13-6-5-7-14(17)9-15(18)8-13/h11-14,16H,5-10H2,1-4H3. The molecule has 2 saturated heterocycles. The van der Waals surface area contributed by atoms with Gasteiger partial charge in [-0.2, -0.15) is 0 Å². The summed E-state index contributed by atoms with van der Waals surface area (Å²) in [5, 5.41) is 0. The van der Waals surface area contributed by atoms with Crippen molar-refractivity contribution in [3.63, 3.8) is 0 Å². The molecule has 0 aromatic heterocycles. The van der Waals surface area contributed by atoms with Crippen LogP contribution in [0.5, 0.6) is 0 Å². The first kappa shape index (κ1) is 14.0. The maximum atomic E-state index is 11.7. The fourth-order valence-corrected chi connectivity index (χ4v) is 4.00.